The number of benzene rings is 1. The van der Waals surface area contributed by atoms with Gasteiger partial charge in [0.2, 0.25) is 11.2 Å². The van der Waals surface area contributed by atoms with E-state index in [1.54, 1.807) is 0 Å². The van der Waals surface area contributed by atoms with Gasteiger partial charge in [-0.2, -0.15) is 4.98 Å². The number of rotatable bonds is 4. The molecule has 0 spiro atoms. The summed E-state index contributed by atoms with van der Waals surface area (Å²) in [4.78, 5) is 51.2. The standard InChI is InChI=1S/C15H13ClN6O5/c1-19-12-11(13(24)20(2)15(19)25)21(14(16)18-12)7-10(23)17-8-5-3-4-6-9(8)22(26)27/h3-6H,7H2,1-2H3,(H,17,23). The average molecular weight is 393 g/mol. The summed E-state index contributed by atoms with van der Waals surface area (Å²) in [6, 6.07) is 5.64. The van der Waals surface area contributed by atoms with Crippen LogP contribution in [0.15, 0.2) is 33.9 Å². The van der Waals surface area contributed by atoms with E-state index in [-0.39, 0.29) is 27.8 Å². The van der Waals surface area contributed by atoms with E-state index in [0.29, 0.717) is 0 Å². The molecule has 3 rings (SSSR count). The number of carbonyl (C=O) groups is 1. The Balaban J connectivity index is 2.02. The maximum absolute atomic E-state index is 12.4. The molecule has 0 saturated carbocycles. The monoisotopic (exact) mass is 392 g/mol. The van der Waals surface area contributed by atoms with Gasteiger partial charge in [0.1, 0.15) is 12.2 Å². The quantitative estimate of drug-likeness (QED) is 0.393. The van der Waals surface area contributed by atoms with Crippen molar-refractivity contribution in [3.63, 3.8) is 0 Å². The Morgan fingerprint density at radius 1 is 1.26 bits per heavy atom. The van der Waals surface area contributed by atoms with Crippen LogP contribution in [-0.4, -0.2) is 29.5 Å². The van der Waals surface area contributed by atoms with E-state index in [4.69, 9.17) is 11.6 Å². The molecule has 11 nitrogen and oxygen atoms in total. The van der Waals surface area contributed by atoms with E-state index >= 15 is 0 Å². The number of carbonyl (C=O) groups excluding carboxylic acids is 1. The zero-order valence-electron chi connectivity index (χ0n) is 14.2. The number of fused-ring (bicyclic) bond motifs is 1. The van der Waals surface area contributed by atoms with Crippen molar-refractivity contribution in [1.29, 1.82) is 0 Å². The number of anilines is 1. The molecule has 3 aromatic rings. The Morgan fingerprint density at radius 3 is 2.59 bits per heavy atom. The molecule has 1 aromatic carbocycles. The van der Waals surface area contributed by atoms with Crippen LogP contribution in [0, 0.1) is 10.1 Å². The summed E-state index contributed by atoms with van der Waals surface area (Å²) in [5.74, 6) is -0.651. The fraction of sp³-hybridized carbons (Fsp3) is 0.200. The molecule has 1 N–H and O–H groups in total. The van der Waals surface area contributed by atoms with Crippen LogP contribution in [0.25, 0.3) is 11.2 Å². The van der Waals surface area contributed by atoms with E-state index in [1.807, 2.05) is 0 Å². The molecule has 0 atom stereocenters. The van der Waals surface area contributed by atoms with Crippen LogP contribution < -0.4 is 16.6 Å². The van der Waals surface area contributed by atoms with Crippen molar-refractivity contribution >= 4 is 40.0 Å². The molecule has 0 fully saturated rings. The van der Waals surface area contributed by atoms with Crippen LogP contribution in [0.4, 0.5) is 11.4 Å². The average Bonchev–Trinajstić information content (AvgIpc) is 2.95. The fourth-order valence-electron chi connectivity index (χ4n) is 2.64. The predicted octanol–water partition coefficient (Wildman–Crippen LogP) is 0.634. The van der Waals surface area contributed by atoms with Gasteiger partial charge in [-0.25, -0.2) is 4.79 Å². The van der Waals surface area contributed by atoms with Gasteiger partial charge in [0.25, 0.3) is 11.2 Å². The number of nitrogens with zero attached hydrogens (tertiary/aromatic N) is 5. The lowest BCUT2D eigenvalue weighted by molar-refractivity contribution is -0.383. The first-order valence-corrected chi connectivity index (χ1v) is 7.95. The third-order valence-corrected chi connectivity index (χ3v) is 4.27. The van der Waals surface area contributed by atoms with E-state index in [9.17, 15) is 24.5 Å². The first-order chi connectivity index (χ1) is 12.7. The molecule has 2 aromatic heterocycles. The molecule has 0 aliphatic carbocycles. The van der Waals surface area contributed by atoms with Gasteiger partial charge < -0.3 is 5.32 Å². The first-order valence-electron chi connectivity index (χ1n) is 7.57. The Labute approximate surface area is 155 Å². The Bertz CT molecular complexity index is 1210. The van der Waals surface area contributed by atoms with Crippen LogP contribution in [-0.2, 0) is 25.4 Å². The number of amides is 1. The van der Waals surface area contributed by atoms with E-state index in [2.05, 4.69) is 10.3 Å². The predicted molar refractivity (Wildman–Crippen MR) is 97.0 cm³/mol. The number of aryl methyl sites for hydroxylation is 1. The number of nitro groups is 1. The number of para-hydroxylation sites is 2. The lowest BCUT2D eigenvalue weighted by Crippen LogP contribution is -2.37. The largest absolute Gasteiger partial charge is 0.332 e. The van der Waals surface area contributed by atoms with E-state index in [0.717, 1.165) is 13.7 Å². The number of nitrogens with one attached hydrogen (secondary N) is 1. The smallest absolute Gasteiger partial charge is 0.319 e. The van der Waals surface area contributed by atoms with Gasteiger partial charge in [-0.05, 0) is 17.7 Å². The second-order valence-corrected chi connectivity index (χ2v) is 6.01. The second-order valence-electron chi connectivity index (χ2n) is 5.67. The summed E-state index contributed by atoms with van der Waals surface area (Å²) in [5, 5.41) is 13.3. The molecule has 1 amide bonds. The van der Waals surface area contributed by atoms with Crippen LogP contribution in [0.3, 0.4) is 0 Å². The molecule has 0 aliphatic rings. The number of hydrogen-bond acceptors (Lipinski definition) is 6. The Hall–Kier alpha value is -3.47. The maximum atomic E-state index is 12.4. The van der Waals surface area contributed by atoms with Crippen LogP contribution >= 0.6 is 11.6 Å². The SMILES string of the molecule is Cn1c(=O)c2c(nc(Cl)n2CC(=O)Nc2ccccc2[N+](=O)[O-])n(C)c1=O. The molecule has 27 heavy (non-hydrogen) atoms. The molecule has 0 unspecified atom stereocenters. The minimum absolute atomic E-state index is 0.00773. The molecule has 0 radical (unpaired) electrons. The Kier molecular flexibility index (Phi) is 4.54. The second kappa shape index (κ2) is 6.68. The minimum atomic E-state index is -0.661. The first kappa shape index (κ1) is 18.3. The van der Waals surface area contributed by atoms with Gasteiger partial charge in [-0.3, -0.25) is 33.4 Å². The molecular weight excluding hydrogens is 380 g/mol. The van der Waals surface area contributed by atoms with Gasteiger partial charge in [-0.1, -0.05) is 12.1 Å². The number of hydrogen-bond donors (Lipinski definition) is 1. The van der Waals surface area contributed by atoms with E-state index in [1.165, 1.54) is 38.4 Å². The molecule has 0 aliphatic heterocycles. The summed E-state index contributed by atoms with van der Waals surface area (Å²) in [6.45, 7) is -0.422. The number of nitro benzene ring substituents is 1. The highest BCUT2D eigenvalue weighted by Crippen LogP contribution is 2.23. The molecule has 140 valence electrons. The fourth-order valence-corrected chi connectivity index (χ4v) is 2.86. The van der Waals surface area contributed by atoms with Gasteiger partial charge in [0, 0.05) is 20.2 Å². The number of imidazole rings is 1. The molecule has 0 bridgehead atoms. The Morgan fingerprint density at radius 2 is 1.93 bits per heavy atom. The van der Waals surface area contributed by atoms with Crippen molar-refractivity contribution in [2.24, 2.45) is 14.1 Å². The van der Waals surface area contributed by atoms with Gasteiger partial charge in [0.15, 0.2) is 11.2 Å². The third kappa shape index (κ3) is 3.08. The lowest BCUT2D eigenvalue weighted by Gasteiger charge is -2.08. The highest BCUT2D eigenvalue weighted by molar-refractivity contribution is 6.29. The minimum Gasteiger partial charge on any atom is -0.319 e. The summed E-state index contributed by atoms with van der Waals surface area (Å²) in [6.07, 6.45) is 0. The summed E-state index contributed by atoms with van der Waals surface area (Å²) in [5.41, 5.74) is -1.50. The number of aromatic nitrogens is 4. The summed E-state index contributed by atoms with van der Waals surface area (Å²) < 4.78 is 3.15. The van der Waals surface area contributed by atoms with Crippen molar-refractivity contribution < 1.29 is 9.72 Å². The van der Waals surface area contributed by atoms with Crippen LogP contribution in [0.1, 0.15) is 0 Å². The van der Waals surface area contributed by atoms with Gasteiger partial charge in [-0.15, -0.1) is 0 Å². The maximum Gasteiger partial charge on any atom is 0.332 e. The topological polar surface area (TPSA) is 134 Å². The van der Waals surface area contributed by atoms with Crippen molar-refractivity contribution in [1.82, 2.24) is 18.7 Å². The van der Waals surface area contributed by atoms with E-state index < -0.39 is 28.6 Å². The zero-order chi connectivity index (χ0) is 19.9. The highest BCUT2D eigenvalue weighted by atomic mass is 35.5. The molecule has 2 heterocycles. The summed E-state index contributed by atoms with van der Waals surface area (Å²) in [7, 11) is 2.72. The van der Waals surface area contributed by atoms with Crippen LogP contribution in [0.2, 0.25) is 5.28 Å². The van der Waals surface area contributed by atoms with Crippen molar-refractivity contribution in [3.05, 3.63) is 60.5 Å². The van der Waals surface area contributed by atoms with Gasteiger partial charge >= 0.3 is 5.69 Å². The number of halogens is 1. The molecular formula is C15H13ClN6O5. The molecule has 0 saturated heterocycles. The van der Waals surface area contributed by atoms with Crippen molar-refractivity contribution in [2.75, 3.05) is 5.32 Å². The normalized spacial score (nSPS) is 10.9. The van der Waals surface area contributed by atoms with Crippen molar-refractivity contribution in [2.45, 2.75) is 6.54 Å². The zero-order valence-corrected chi connectivity index (χ0v) is 14.9. The lowest BCUT2D eigenvalue weighted by atomic mass is 10.2. The third-order valence-electron chi connectivity index (χ3n) is 3.98. The molecule has 12 heteroatoms. The van der Waals surface area contributed by atoms with Gasteiger partial charge in [0.05, 0.1) is 4.92 Å². The van der Waals surface area contributed by atoms with Crippen LogP contribution in [0.5, 0.6) is 0 Å². The highest BCUT2D eigenvalue weighted by Gasteiger charge is 2.21. The van der Waals surface area contributed by atoms with Crippen molar-refractivity contribution in [3.8, 4) is 0 Å². The summed E-state index contributed by atoms with van der Waals surface area (Å²) >= 11 is 6.05.